The smallest absolute Gasteiger partial charge is 0.245 e. The zero-order chi connectivity index (χ0) is 23.4. The highest BCUT2D eigenvalue weighted by Crippen LogP contribution is 2.28. The first-order chi connectivity index (χ1) is 16.6. The van der Waals surface area contributed by atoms with Gasteiger partial charge in [0.05, 0.1) is 24.4 Å². The number of aromatic nitrogens is 2. The fraction of sp³-hybridized carbons (Fsp3) is 0.333. The second-order valence-electron chi connectivity index (χ2n) is 8.15. The molecule has 1 fully saturated rings. The number of sulfonamides is 1. The van der Waals surface area contributed by atoms with Gasteiger partial charge in [0.2, 0.25) is 10.0 Å². The van der Waals surface area contributed by atoms with Crippen LogP contribution in [-0.2, 0) is 27.7 Å². The van der Waals surface area contributed by atoms with Gasteiger partial charge in [-0.05, 0) is 54.1 Å². The van der Waals surface area contributed by atoms with Crippen LogP contribution in [0.5, 0.6) is 5.75 Å². The zero-order valence-corrected chi connectivity index (χ0v) is 20.9. The van der Waals surface area contributed by atoms with Crippen molar-refractivity contribution in [1.29, 1.82) is 0 Å². The normalized spacial score (nSPS) is 16.4. The Kier molecular flexibility index (Phi) is 7.21. The van der Waals surface area contributed by atoms with Crippen LogP contribution in [-0.4, -0.2) is 47.3 Å². The lowest BCUT2D eigenvalue weighted by Crippen LogP contribution is -2.37. The molecule has 34 heavy (non-hydrogen) atoms. The molecule has 7 nitrogen and oxygen atoms in total. The Morgan fingerprint density at radius 1 is 1.12 bits per heavy atom. The number of benzene rings is 2. The zero-order valence-electron chi connectivity index (χ0n) is 18.5. The third-order valence-corrected chi connectivity index (χ3v) is 9.07. The number of hydrogen-bond donors (Lipinski definition) is 0. The molecule has 0 radical (unpaired) electrons. The third kappa shape index (κ3) is 5.31. The second-order valence-corrected chi connectivity index (χ2v) is 11.6. The number of nitrogens with zero attached hydrogens (tertiary/aromatic N) is 3. The van der Waals surface area contributed by atoms with Crippen LogP contribution >= 0.6 is 23.1 Å². The van der Waals surface area contributed by atoms with E-state index in [0.29, 0.717) is 30.8 Å². The quantitative estimate of drug-likeness (QED) is 0.303. The summed E-state index contributed by atoms with van der Waals surface area (Å²) in [6.07, 6.45) is 2.51. The number of ether oxygens (including phenoxy) is 2. The predicted molar refractivity (Wildman–Crippen MR) is 134 cm³/mol. The van der Waals surface area contributed by atoms with Crippen LogP contribution in [0.25, 0.3) is 11.0 Å². The summed E-state index contributed by atoms with van der Waals surface area (Å²) < 4.78 is 49.3. The second kappa shape index (κ2) is 10.5. The summed E-state index contributed by atoms with van der Waals surface area (Å²) in [5, 5.41) is 2.06. The lowest BCUT2D eigenvalue weighted by molar-refractivity contribution is 0.0926. The molecule has 0 spiro atoms. The van der Waals surface area contributed by atoms with Crippen molar-refractivity contribution < 1.29 is 17.9 Å². The van der Waals surface area contributed by atoms with E-state index in [-0.39, 0.29) is 17.5 Å². The highest BCUT2D eigenvalue weighted by molar-refractivity contribution is 7.89. The molecule has 1 saturated heterocycles. The van der Waals surface area contributed by atoms with E-state index in [9.17, 15) is 8.42 Å². The number of fused-ring (bicyclic) bond motifs is 1. The number of thiophene rings is 1. The van der Waals surface area contributed by atoms with E-state index in [2.05, 4.69) is 20.2 Å². The summed E-state index contributed by atoms with van der Waals surface area (Å²) in [6.45, 7) is 1.75. The molecule has 178 valence electrons. The largest absolute Gasteiger partial charge is 0.493 e. The van der Waals surface area contributed by atoms with E-state index in [0.717, 1.165) is 42.3 Å². The van der Waals surface area contributed by atoms with Crippen molar-refractivity contribution in [3.63, 3.8) is 0 Å². The predicted octanol–water partition coefficient (Wildman–Crippen LogP) is 4.74. The van der Waals surface area contributed by atoms with Gasteiger partial charge in [-0.15, -0.1) is 11.3 Å². The van der Waals surface area contributed by atoms with E-state index in [1.54, 1.807) is 29.5 Å². The van der Waals surface area contributed by atoms with Gasteiger partial charge in [0.25, 0.3) is 0 Å². The minimum Gasteiger partial charge on any atom is -0.493 e. The monoisotopic (exact) mass is 515 g/mol. The Balaban J connectivity index is 1.37. The van der Waals surface area contributed by atoms with Gasteiger partial charge in [-0.1, -0.05) is 24.3 Å². The summed E-state index contributed by atoms with van der Waals surface area (Å²) in [5.74, 6) is 0.731. The summed E-state index contributed by atoms with van der Waals surface area (Å²) in [7, 11) is -3.82. The van der Waals surface area contributed by atoms with Crippen LogP contribution < -0.4 is 4.74 Å². The SMILES string of the molecule is O=S(=O)(c1cccc2nsnc12)N(Cc1cccc(OCCc2cccs2)c1)CC1CCCO1. The molecular weight excluding hydrogens is 490 g/mol. The summed E-state index contributed by atoms with van der Waals surface area (Å²) in [6, 6.07) is 16.9. The van der Waals surface area contributed by atoms with Crippen molar-refractivity contribution in [2.24, 2.45) is 0 Å². The standard InChI is InChI=1S/C24H25N3O4S3/c28-34(29,23-10-2-9-22-24(23)26-33-25-22)27(17-20-7-3-12-30-20)16-18-5-1-6-19(15-18)31-13-11-21-8-4-14-32-21/h1-2,4-6,8-10,14-15,20H,3,7,11-13,16-17H2. The molecular formula is C24H25N3O4S3. The van der Waals surface area contributed by atoms with Gasteiger partial charge >= 0.3 is 0 Å². The maximum absolute atomic E-state index is 13.8. The highest BCUT2D eigenvalue weighted by Gasteiger charge is 2.31. The molecule has 1 aliphatic heterocycles. The van der Waals surface area contributed by atoms with E-state index in [1.165, 1.54) is 9.18 Å². The summed E-state index contributed by atoms with van der Waals surface area (Å²) in [5.41, 5.74) is 1.86. The van der Waals surface area contributed by atoms with Gasteiger partial charge < -0.3 is 9.47 Å². The summed E-state index contributed by atoms with van der Waals surface area (Å²) in [4.78, 5) is 1.45. The average molecular weight is 516 g/mol. The van der Waals surface area contributed by atoms with Crippen molar-refractivity contribution in [2.45, 2.75) is 36.8 Å². The van der Waals surface area contributed by atoms with E-state index < -0.39 is 10.0 Å². The average Bonchev–Trinajstić information content (AvgIpc) is 3.61. The maximum atomic E-state index is 13.8. The van der Waals surface area contributed by atoms with Crippen LogP contribution in [0.4, 0.5) is 0 Å². The van der Waals surface area contributed by atoms with Crippen LogP contribution in [0.1, 0.15) is 23.3 Å². The van der Waals surface area contributed by atoms with E-state index in [4.69, 9.17) is 9.47 Å². The van der Waals surface area contributed by atoms with Gasteiger partial charge in [0.15, 0.2) is 0 Å². The lowest BCUT2D eigenvalue weighted by atomic mass is 10.2. The first-order valence-electron chi connectivity index (χ1n) is 11.2. The minimum absolute atomic E-state index is 0.118. The number of rotatable bonds is 10. The van der Waals surface area contributed by atoms with Crippen LogP contribution in [0.3, 0.4) is 0 Å². The molecule has 4 aromatic rings. The molecule has 0 bridgehead atoms. The van der Waals surface area contributed by atoms with Crippen LogP contribution in [0.15, 0.2) is 64.9 Å². The lowest BCUT2D eigenvalue weighted by Gasteiger charge is -2.25. The topological polar surface area (TPSA) is 81.6 Å². The molecule has 1 atom stereocenters. The van der Waals surface area contributed by atoms with Gasteiger partial charge in [-0.2, -0.15) is 13.1 Å². The Morgan fingerprint density at radius 3 is 2.85 bits per heavy atom. The molecule has 0 saturated carbocycles. The Bertz CT molecular complexity index is 1330. The molecule has 1 unspecified atom stereocenters. The summed E-state index contributed by atoms with van der Waals surface area (Å²) >= 11 is 2.73. The first kappa shape index (κ1) is 23.4. The molecule has 3 heterocycles. The van der Waals surface area contributed by atoms with Gasteiger partial charge in [0, 0.05) is 31.0 Å². The maximum Gasteiger partial charge on any atom is 0.245 e. The van der Waals surface area contributed by atoms with Crippen molar-refractivity contribution in [3.8, 4) is 5.75 Å². The Hall–Kier alpha value is -2.37. The van der Waals surface area contributed by atoms with Crippen LogP contribution in [0, 0.1) is 0 Å². The minimum atomic E-state index is -3.82. The fourth-order valence-corrected chi connectivity index (χ4v) is 6.96. The third-order valence-electron chi connectivity index (χ3n) is 5.75. The van der Waals surface area contributed by atoms with E-state index >= 15 is 0 Å². The molecule has 0 aliphatic carbocycles. The first-order valence-corrected chi connectivity index (χ1v) is 14.2. The van der Waals surface area contributed by atoms with Gasteiger partial charge in [-0.25, -0.2) is 8.42 Å². The molecule has 1 aliphatic rings. The van der Waals surface area contributed by atoms with Gasteiger partial charge in [-0.3, -0.25) is 0 Å². The fourth-order valence-electron chi connectivity index (χ4n) is 4.05. The van der Waals surface area contributed by atoms with Crippen molar-refractivity contribution in [2.75, 3.05) is 19.8 Å². The van der Waals surface area contributed by atoms with Crippen molar-refractivity contribution in [3.05, 3.63) is 70.4 Å². The molecule has 5 rings (SSSR count). The molecule has 0 N–H and O–H groups in total. The van der Waals surface area contributed by atoms with Crippen molar-refractivity contribution >= 4 is 44.1 Å². The Labute approximate surface area is 207 Å². The van der Waals surface area contributed by atoms with E-state index in [1.807, 2.05) is 30.3 Å². The Morgan fingerprint density at radius 2 is 2.03 bits per heavy atom. The van der Waals surface area contributed by atoms with Crippen LogP contribution in [0.2, 0.25) is 0 Å². The molecule has 0 amide bonds. The van der Waals surface area contributed by atoms with Gasteiger partial charge in [0.1, 0.15) is 21.7 Å². The molecule has 2 aromatic heterocycles. The molecule has 10 heteroatoms. The highest BCUT2D eigenvalue weighted by atomic mass is 32.2. The number of hydrogen-bond acceptors (Lipinski definition) is 8. The molecule has 2 aromatic carbocycles. The van der Waals surface area contributed by atoms with Crippen molar-refractivity contribution in [1.82, 2.24) is 13.1 Å².